The van der Waals surface area contributed by atoms with Crippen molar-refractivity contribution in [1.82, 2.24) is 10.2 Å². The molecular weight excluding hydrogens is 275 g/mol. The second kappa shape index (κ2) is 7.54. The van der Waals surface area contributed by atoms with E-state index >= 15 is 0 Å². The van der Waals surface area contributed by atoms with Crippen LogP contribution in [0.1, 0.15) is 22.8 Å². The lowest BCUT2D eigenvalue weighted by Gasteiger charge is -2.20. The van der Waals surface area contributed by atoms with Gasteiger partial charge >= 0.3 is 5.97 Å². The highest BCUT2D eigenvalue weighted by atomic mass is 19.1. The Morgan fingerprint density at radius 1 is 1.43 bits per heavy atom. The van der Waals surface area contributed by atoms with Crippen LogP contribution in [0.15, 0.2) is 24.3 Å². The maximum absolute atomic E-state index is 13.8. The molecule has 114 valence electrons. The number of nitrogens with zero attached hydrogens (tertiary/aromatic N) is 1. The number of carbonyl (C=O) groups excluding carboxylic acids is 1. The second-order valence-corrected chi connectivity index (χ2v) is 4.93. The Bertz CT molecular complexity index is 556. The van der Waals surface area contributed by atoms with Gasteiger partial charge in [0.05, 0.1) is 0 Å². The molecule has 5 nitrogen and oxygen atoms in total. The quantitative estimate of drug-likeness (QED) is 0.782. The van der Waals surface area contributed by atoms with Gasteiger partial charge < -0.3 is 15.3 Å². The Labute approximate surface area is 123 Å². The number of carbonyl (C=O) groups is 2. The van der Waals surface area contributed by atoms with Crippen LogP contribution in [0.5, 0.6) is 0 Å². The molecule has 21 heavy (non-hydrogen) atoms. The summed E-state index contributed by atoms with van der Waals surface area (Å²) in [6.45, 7) is 2.41. The zero-order valence-corrected chi connectivity index (χ0v) is 12.3. The number of hydrogen-bond donors (Lipinski definition) is 2. The first-order valence-corrected chi connectivity index (χ1v) is 6.46. The predicted octanol–water partition coefficient (Wildman–Crippen LogP) is 1.60. The molecule has 0 aliphatic rings. The fourth-order valence-electron chi connectivity index (χ4n) is 1.49. The van der Waals surface area contributed by atoms with E-state index in [4.69, 9.17) is 5.11 Å². The van der Waals surface area contributed by atoms with Crippen LogP contribution in [-0.2, 0) is 4.79 Å². The van der Waals surface area contributed by atoms with Gasteiger partial charge in [-0.1, -0.05) is 6.07 Å². The Balaban J connectivity index is 2.74. The molecule has 0 saturated carbocycles. The molecule has 0 bridgehead atoms. The van der Waals surface area contributed by atoms with Crippen LogP contribution < -0.4 is 5.32 Å². The Morgan fingerprint density at radius 2 is 2.10 bits per heavy atom. The topological polar surface area (TPSA) is 69.6 Å². The van der Waals surface area contributed by atoms with Gasteiger partial charge in [-0.15, -0.1) is 0 Å². The number of likely N-dealkylation sites (N-methyl/N-ethyl adjacent to an activating group) is 1. The van der Waals surface area contributed by atoms with Crippen molar-refractivity contribution in [1.29, 1.82) is 0 Å². The van der Waals surface area contributed by atoms with Gasteiger partial charge in [0.15, 0.2) is 0 Å². The summed E-state index contributed by atoms with van der Waals surface area (Å²) in [6.07, 6.45) is 1.99. The normalized spacial score (nSPS) is 12.6. The minimum atomic E-state index is -1.16. The molecule has 0 fully saturated rings. The van der Waals surface area contributed by atoms with Crippen LogP contribution in [0.3, 0.4) is 0 Å². The lowest BCUT2D eigenvalue weighted by molar-refractivity contribution is -0.131. The molecule has 6 heteroatoms. The smallest absolute Gasteiger partial charge is 0.328 e. The van der Waals surface area contributed by atoms with Crippen molar-refractivity contribution in [2.24, 2.45) is 0 Å². The first-order chi connectivity index (χ1) is 9.81. The molecule has 1 unspecified atom stereocenters. The molecule has 0 spiro atoms. The third-order valence-electron chi connectivity index (χ3n) is 3.11. The van der Waals surface area contributed by atoms with Gasteiger partial charge in [-0.3, -0.25) is 4.79 Å². The molecule has 0 radical (unpaired) electrons. The molecule has 2 N–H and O–H groups in total. The molecule has 1 aromatic carbocycles. The van der Waals surface area contributed by atoms with Crippen molar-refractivity contribution in [3.63, 3.8) is 0 Å². The van der Waals surface area contributed by atoms with Gasteiger partial charge in [0.1, 0.15) is 5.82 Å². The molecule has 1 aromatic rings. The SMILES string of the molecule is CC(CNC(=O)c1ccc(C=CC(=O)O)c(F)c1)N(C)C. The van der Waals surface area contributed by atoms with E-state index in [1.54, 1.807) is 0 Å². The summed E-state index contributed by atoms with van der Waals surface area (Å²) in [4.78, 5) is 24.2. The summed E-state index contributed by atoms with van der Waals surface area (Å²) in [5, 5.41) is 11.2. The molecule has 0 aliphatic heterocycles. The summed E-state index contributed by atoms with van der Waals surface area (Å²) in [6, 6.07) is 4.09. The number of hydrogen-bond acceptors (Lipinski definition) is 3. The summed E-state index contributed by atoms with van der Waals surface area (Å²) in [7, 11) is 3.81. The largest absolute Gasteiger partial charge is 0.478 e. The third-order valence-corrected chi connectivity index (χ3v) is 3.11. The third kappa shape index (κ3) is 5.35. The molecule has 0 saturated heterocycles. The van der Waals surface area contributed by atoms with Crippen molar-refractivity contribution in [2.45, 2.75) is 13.0 Å². The van der Waals surface area contributed by atoms with E-state index in [1.165, 1.54) is 12.1 Å². The maximum atomic E-state index is 13.8. The number of aliphatic carboxylic acids is 1. The highest BCUT2D eigenvalue weighted by molar-refractivity contribution is 5.94. The zero-order valence-electron chi connectivity index (χ0n) is 12.3. The fourth-order valence-corrected chi connectivity index (χ4v) is 1.49. The Morgan fingerprint density at radius 3 is 2.62 bits per heavy atom. The van der Waals surface area contributed by atoms with Crippen LogP contribution in [0.25, 0.3) is 6.08 Å². The maximum Gasteiger partial charge on any atom is 0.328 e. The average molecular weight is 294 g/mol. The van der Waals surface area contributed by atoms with E-state index in [0.29, 0.717) is 6.54 Å². The molecule has 1 atom stereocenters. The lowest BCUT2D eigenvalue weighted by Crippen LogP contribution is -2.38. The van der Waals surface area contributed by atoms with E-state index in [9.17, 15) is 14.0 Å². The first kappa shape index (κ1) is 16.8. The van der Waals surface area contributed by atoms with Gasteiger partial charge in [-0.25, -0.2) is 9.18 Å². The number of carboxylic acid groups (broad SMARTS) is 1. The number of halogens is 1. The number of benzene rings is 1. The lowest BCUT2D eigenvalue weighted by atomic mass is 10.1. The van der Waals surface area contributed by atoms with Crippen LogP contribution in [0, 0.1) is 5.82 Å². The minimum absolute atomic E-state index is 0.121. The van der Waals surface area contributed by atoms with Gasteiger partial charge in [0.2, 0.25) is 0 Å². The standard InChI is InChI=1S/C15H19FN2O3/c1-10(18(2)3)9-17-15(21)12-5-4-11(13(16)8-12)6-7-14(19)20/h4-8,10H,9H2,1-3H3,(H,17,21)(H,19,20). The van der Waals surface area contributed by atoms with Crippen molar-refractivity contribution in [3.05, 3.63) is 41.2 Å². The van der Waals surface area contributed by atoms with Crippen LogP contribution in [0.2, 0.25) is 0 Å². The summed E-state index contributed by atoms with van der Waals surface area (Å²) >= 11 is 0. The molecule has 0 aromatic heterocycles. The van der Waals surface area contributed by atoms with E-state index in [0.717, 1.165) is 18.2 Å². The van der Waals surface area contributed by atoms with Crippen molar-refractivity contribution in [2.75, 3.05) is 20.6 Å². The molecule has 1 rings (SSSR count). The fraction of sp³-hybridized carbons (Fsp3) is 0.333. The predicted molar refractivity (Wildman–Crippen MR) is 78.6 cm³/mol. The van der Waals surface area contributed by atoms with E-state index in [1.807, 2.05) is 25.9 Å². The van der Waals surface area contributed by atoms with Gasteiger partial charge in [-0.2, -0.15) is 0 Å². The molecular formula is C15H19FN2O3. The number of amides is 1. The highest BCUT2D eigenvalue weighted by Crippen LogP contribution is 2.12. The minimum Gasteiger partial charge on any atom is -0.478 e. The van der Waals surface area contributed by atoms with Gasteiger partial charge in [0.25, 0.3) is 5.91 Å². The van der Waals surface area contributed by atoms with E-state index < -0.39 is 11.8 Å². The number of rotatable bonds is 6. The summed E-state index contributed by atoms with van der Waals surface area (Å²) in [5.41, 5.74) is 0.321. The van der Waals surface area contributed by atoms with Crippen LogP contribution in [-0.4, -0.2) is 48.6 Å². The number of nitrogens with one attached hydrogen (secondary N) is 1. The van der Waals surface area contributed by atoms with Gasteiger partial charge in [0, 0.05) is 29.8 Å². The first-order valence-electron chi connectivity index (χ1n) is 6.46. The van der Waals surface area contributed by atoms with Crippen LogP contribution in [0.4, 0.5) is 4.39 Å². The van der Waals surface area contributed by atoms with Crippen molar-refractivity contribution in [3.8, 4) is 0 Å². The van der Waals surface area contributed by atoms with Crippen molar-refractivity contribution >= 4 is 18.0 Å². The summed E-state index contributed by atoms with van der Waals surface area (Å²) in [5.74, 6) is -2.16. The molecule has 1 amide bonds. The van der Waals surface area contributed by atoms with Crippen molar-refractivity contribution < 1.29 is 19.1 Å². The highest BCUT2D eigenvalue weighted by Gasteiger charge is 2.11. The summed E-state index contributed by atoms with van der Waals surface area (Å²) < 4.78 is 13.8. The number of carboxylic acids is 1. The Hall–Kier alpha value is -2.21. The Kier molecular flexibility index (Phi) is 6.05. The van der Waals surface area contributed by atoms with Gasteiger partial charge in [-0.05, 0) is 39.2 Å². The second-order valence-electron chi connectivity index (χ2n) is 4.93. The molecule has 0 aliphatic carbocycles. The average Bonchev–Trinajstić information content (AvgIpc) is 2.42. The van der Waals surface area contributed by atoms with E-state index in [2.05, 4.69) is 5.32 Å². The van der Waals surface area contributed by atoms with Crippen LogP contribution >= 0.6 is 0 Å². The zero-order chi connectivity index (χ0) is 16.0. The molecule has 0 heterocycles. The monoisotopic (exact) mass is 294 g/mol. The van der Waals surface area contributed by atoms with E-state index in [-0.39, 0.29) is 23.1 Å².